The van der Waals surface area contributed by atoms with Crippen LogP contribution >= 0.6 is 27.7 Å². The highest BCUT2D eigenvalue weighted by Gasteiger charge is 2.09. The molecule has 1 heterocycles. The molecule has 134 valence electrons. The maximum absolute atomic E-state index is 12.1. The molecule has 0 saturated heterocycles. The Morgan fingerprint density at radius 2 is 2.08 bits per heavy atom. The highest BCUT2D eigenvalue weighted by Crippen LogP contribution is 2.20. The van der Waals surface area contributed by atoms with Crippen LogP contribution in [0.25, 0.3) is 0 Å². The molecule has 0 saturated carbocycles. The quantitative estimate of drug-likeness (QED) is 0.547. The zero-order valence-electron chi connectivity index (χ0n) is 14.0. The Balaban J connectivity index is 1.46. The Kier molecular flexibility index (Phi) is 6.30. The van der Waals surface area contributed by atoms with E-state index in [4.69, 9.17) is 4.74 Å². The average molecular weight is 433 g/mol. The van der Waals surface area contributed by atoms with Crippen molar-refractivity contribution >= 4 is 39.3 Å². The lowest BCUT2D eigenvalue weighted by atomic mass is 10.2. The second kappa shape index (κ2) is 8.86. The molecule has 0 aliphatic carbocycles. The molecule has 0 aliphatic heterocycles. The van der Waals surface area contributed by atoms with Crippen LogP contribution in [0.2, 0.25) is 0 Å². The Labute approximate surface area is 163 Å². The molecule has 8 heteroatoms. The number of halogens is 1. The number of thioether (sulfide) groups is 1. The third kappa shape index (κ3) is 5.34. The van der Waals surface area contributed by atoms with Gasteiger partial charge >= 0.3 is 0 Å². The minimum atomic E-state index is -0.108. The summed E-state index contributed by atoms with van der Waals surface area (Å²) in [5.41, 5.74) is 1.83. The highest BCUT2D eigenvalue weighted by molar-refractivity contribution is 9.10. The van der Waals surface area contributed by atoms with E-state index < -0.39 is 0 Å². The molecule has 0 unspecified atom stereocenters. The number of para-hydroxylation sites is 1. The molecule has 0 bridgehead atoms. The monoisotopic (exact) mass is 432 g/mol. The van der Waals surface area contributed by atoms with Gasteiger partial charge in [-0.3, -0.25) is 9.89 Å². The molecule has 2 N–H and O–H groups in total. The number of aromatic amines is 1. The Morgan fingerprint density at radius 1 is 1.27 bits per heavy atom. The number of nitrogens with zero attached hydrogens (tertiary/aromatic N) is 2. The molecule has 0 radical (unpaired) electrons. The van der Waals surface area contributed by atoms with Gasteiger partial charge in [0.1, 0.15) is 12.4 Å². The number of anilines is 1. The molecule has 0 spiro atoms. The summed E-state index contributed by atoms with van der Waals surface area (Å²) in [5.74, 6) is 1.50. The smallest absolute Gasteiger partial charge is 0.234 e. The predicted molar refractivity (Wildman–Crippen MR) is 105 cm³/mol. The van der Waals surface area contributed by atoms with Crippen molar-refractivity contribution in [1.29, 1.82) is 0 Å². The van der Waals surface area contributed by atoms with Crippen LogP contribution in [-0.4, -0.2) is 26.8 Å². The number of H-pyrrole nitrogens is 1. The first-order valence-corrected chi connectivity index (χ1v) is 9.66. The van der Waals surface area contributed by atoms with Crippen LogP contribution < -0.4 is 10.1 Å². The normalized spacial score (nSPS) is 10.5. The van der Waals surface area contributed by atoms with Gasteiger partial charge in [-0.05, 0) is 42.8 Å². The van der Waals surface area contributed by atoms with Gasteiger partial charge in [0.2, 0.25) is 11.1 Å². The van der Waals surface area contributed by atoms with Crippen LogP contribution in [0, 0.1) is 6.92 Å². The summed E-state index contributed by atoms with van der Waals surface area (Å²) in [6, 6.07) is 15.2. The van der Waals surface area contributed by atoms with Gasteiger partial charge in [-0.1, -0.05) is 45.9 Å². The summed E-state index contributed by atoms with van der Waals surface area (Å²) >= 11 is 4.71. The molecule has 3 aromatic rings. The second-order valence-electron chi connectivity index (χ2n) is 5.47. The van der Waals surface area contributed by atoms with E-state index in [1.165, 1.54) is 11.8 Å². The lowest BCUT2D eigenvalue weighted by Gasteiger charge is -2.06. The van der Waals surface area contributed by atoms with E-state index in [0.717, 1.165) is 21.5 Å². The molecule has 0 atom stereocenters. The number of hydrogen-bond donors (Lipinski definition) is 2. The zero-order chi connectivity index (χ0) is 18.4. The molecule has 1 aromatic heterocycles. The number of carbonyl (C=O) groups excluding carboxylic acids is 1. The van der Waals surface area contributed by atoms with Crippen LogP contribution in [0.3, 0.4) is 0 Å². The van der Waals surface area contributed by atoms with Gasteiger partial charge in [0.05, 0.1) is 5.75 Å². The highest BCUT2D eigenvalue weighted by atomic mass is 79.9. The number of carbonyl (C=O) groups is 1. The number of benzene rings is 2. The molecule has 0 fully saturated rings. The molecule has 1 amide bonds. The predicted octanol–water partition coefficient (Wildman–Crippen LogP) is 4.19. The number of amides is 1. The number of aryl methyl sites for hydroxylation is 1. The van der Waals surface area contributed by atoms with Crippen LogP contribution in [0.15, 0.2) is 58.2 Å². The van der Waals surface area contributed by atoms with E-state index in [9.17, 15) is 4.79 Å². The molecule has 2 aromatic carbocycles. The zero-order valence-corrected chi connectivity index (χ0v) is 16.4. The standard InChI is InChI=1S/C18H17BrN4O2S/c1-12-9-13(7-8-15(12)19)20-17(24)11-26-18-21-16(22-23-18)10-25-14-5-3-2-4-6-14/h2-9H,10-11H2,1H3,(H,20,24)(H,21,22,23). The van der Waals surface area contributed by atoms with E-state index in [1.54, 1.807) is 0 Å². The van der Waals surface area contributed by atoms with Crippen molar-refractivity contribution < 1.29 is 9.53 Å². The third-order valence-electron chi connectivity index (χ3n) is 3.40. The molecular formula is C18H17BrN4O2S. The van der Waals surface area contributed by atoms with E-state index in [2.05, 4.69) is 36.4 Å². The van der Waals surface area contributed by atoms with Crippen molar-refractivity contribution in [3.8, 4) is 5.75 Å². The molecule has 6 nitrogen and oxygen atoms in total. The SMILES string of the molecule is Cc1cc(NC(=O)CSc2n[nH]c(COc3ccccc3)n2)ccc1Br. The lowest BCUT2D eigenvalue weighted by Crippen LogP contribution is -2.14. The fourth-order valence-electron chi connectivity index (χ4n) is 2.12. The number of nitrogens with one attached hydrogen (secondary N) is 2. The summed E-state index contributed by atoms with van der Waals surface area (Å²) in [7, 11) is 0. The molecule has 0 aliphatic rings. The summed E-state index contributed by atoms with van der Waals surface area (Å²) < 4.78 is 6.61. The van der Waals surface area contributed by atoms with Crippen molar-refractivity contribution in [3.05, 3.63) is 64.4 Å². The number of hydrogen-bond acceptors (Lipinski definition) is 5. The summed E-state index contributed by atoms with van der Waals surface area (Å²) in [6.07, 6.45) is 0. The summed E-state index contributed by atoms with van der Waals surface area (Å²) in [6.45, 7) is 2.27. The number of aromatic nitrogens is 3. The number of ether oxygens (including phenoxy) is 1. The first kappa shape index (κ1) is 18.5. The molecule has 26 heavy (non-hydrogen) atoms. The Bertz CT molecular complexity index is 886. The van der Waals surface area contributed by atoms with Gasteiger partial charge in [-0.2, -0.15) is 0 Å². The van der Waals surface area contributed by atoms with E-state index in [0.29, 0.717) is 17.6 Å². The number of rotatable bonds is 7. The third-order valence-corrected chi connectivity index (χ3v) is 5.14. The van der Waals surface area contributed by atoms with Gasteiger partial charge < -0.3 is 10.1 Å². The van der Waals surface area contributed by atoms with E-state index in [-0.39, 0.29) is 11.7 Å². The van der Waals surface area contributed by atoms with Gasteiger partial charge in [0.15, 0.2) is 5.82 Å². The van der Waals surface area contributed by atoms with Crippen molar-refractivity contribution in [2.75, 3.05) is 11.1 Å². The topological polar surface area (TPSA) is 79.9 Å². The van der Waals surface area contributed by atoms with Gasteiger partial charge in [0.25, 0.3) is 0 Å². The minimum absolute atomic E-state index is 0.108. The fourth-order valence-corrected chi connectivity index (χ4v) is 2.99. The maximum Gasteiger partial charge on any atom is 0.234 e. The first-order valence-electron chi connectivity index (χ1n) is 7.88. The van der Waals surface area contributed by atoms with Crippen molar-refractivity contribution in [2.24, 2.45) is 0 Å². The van der Waals surface area contributed by atoms with Gasteiger partial charge in [-0.15, -0.1) is 5.10 Å². The molecule has 3 rings (SSSR count). The summed E-state index contributed by atoms with van der Waals surface area (Å²) in [4.78, 5) is 16.4. The van der Waals surface area contributed by atoms with Crippen LogP contribution in [-0.2, 0) is 11.4 Å². The lowest BCUT2D eigenvalue weighted by molar-refractivity contribution is -0.113. The van der Waals surface area contributed by atoms with Crippen molar-refractivity contribution in [1.82, 2.24) is 15.2 Å². The fraction of sp³-hybridized carbons (Fsp3) is 0.167. The average Bonchev–Trinajstić information content (AvgIpc) is 3.10. The second-order valence-corrected chi connectivity index (χ2v) is 7.26. The Hall–Kier alpha value is -2.32. The van der Waals surface area contributed by atoms with Crippen LogP contribution in [0.1, 0.15) is 11.4 Å². The Morgan fingerprint density at radius 3 is 2.85 bits per heavy atom. The van der Waals surface area contributed by atoms with E-state index >= 15 is 0 Å². The van der Waals surface area contributed by atoms with Gasteiger partial charge in [0, 0.05) is 10.2 Å². The summed E-state index contributed by atoms with van der Waals surface area (Å²) in [5, 5.41) is 10.3. The maximum atomic E-state index is 12.1. The van der Waals surface area contributed by atoms with Crippen LogP contribution in [0.4, 0.5) is 5.69 Å². The largest absolute Gasteiger partial charge is 0.486 e. The van der Waals surface area contributed by atoms with Crippen LogP contribution in [0.5, 0.6) is 5.75 Å². The van der Waals surface area contributed by atoms with Crippen molar-refractivity contribution in [3.63, 3.8) is 0 Å². The molecular weight excluding hydrogens is 416 g/mol. The minimum Gasteiger partial charge on any atom is -0.486 e. The van der Waals surface area contributed by atoms with Crippen molar-refractivity contribution in [2.45, 2.75) is 18.7 Å². The van der Waals surface area contributed by atoms with Gasteiger partial charge in [-0.25, -0.2) is 4.98 Å². The first-order chi connectivity index (χ1) is 12.6. The van der Waals surface area contributed by atoms with E-state index in [1.807, 2.05) is 55.5 Å².